The minimum atomic E-state index is -0.465. The first-order valence-corrected chi connectivity index (χ1v) is 5.86. The number of rotatable bonds is 1. The quantitative estimate of drug-likeness (QED) is 0.629. The Balaban J connectivity index is 2.14. The van der Waals surface area contributed by atoms with Gasteiger partial charge in [-0.05, 0) is 17.2 Å². The Labute approximate surface area is 109 Å². The van der Waals surface area contributed by atoms with Gasteiger partial charge >= 0.3 is 0 Å². The molecule has 2 aromatic rings. The predicted molar refractivity (Wildman–Crippen MR) is 71.5 cm³/mol. The van der Waals surface area contributed by atoms with E-state index in [-0.39, 0.29) is 4.99 Å². The summed E-state index contributed by atoms with van der Waals surface area (Å²) < 4.78 is 0. The Kier molecular flexibility index (Phi) is 2.47. The molecule has 0 fully saturated rings. The molecule has 1 N–H and O–H groups in total. The van der Waals surface area contributed by atoms with Crippen molar-refractivity contribution >= 4 is 23.1 Å². The van der Waals surface area contributed by atoms with Gasteiger partial charge in [0, 0.05) is 5.56 Å². The maximum atomic E-state index is 11.8. The molecule has 3 rings (SSSR count). The van der Waals surface area contributed by atoms with Crippen molar-refractivity contribution in [3.63, 3.8) is 0 Å². The molecular weight excluding hydrogens is 246 g/mol. The lowest BCUT2D eigenvalue weighted by Gasteiger charge is -2.03. The summed E-state index contributed by atoms with van der Waals surface area (Å²) in [4.78, 5) is 11.9. The molecule has 0 aromatic heterocycles. The van der Waals surface area contributed by atoms with E-state index in [0.29, 0.717) is 16.2 Å². The summed E-state index contributed by atoms with van der Waals surface area (Å²) in [6.45, 7) is 0. The molecule has 0 spiro atoms. The van der Waals surface area contributed by atoms with Gasteiger partial charge in [-0.2, -0.15) is 5.06 Å². The number of carbonyl (C=O) groups is 1. The van der Waals surface area contributed by atoms with Crippen LogP contribution in [0.3, 0.4) is 0 Å². The van der Waals surface area contributed by atoms with E-state index < -0.39 is 5.91 Å². The van der Waals surface area contributed by atoms with Gasteiger partial charge in [0.15, 0.2) is 0 Å². The lowest BCUT2D eigenvalue weighted by atomic mass is 10.0. The molecule has 18 heavy (non-hydrogen) atoms. The average Bonchev–Trinajstić information content (AvgIpc) is 2.65. The summed E-state index contributed by atoms with van der Waals surface area (Å²) >= 11 is 4.99. The van der Waals surface area contributed by atoms with Gasteiger partial charge in [0.25, 0.3) is 5.91 Å². The molecule has 4 heteroatoms. The highest BCUT2D eigenvalue weighted by Gasteiger charge is 2.31. The van der Waals surface area contributed by atoms with Crippen molar-refractivity contribution in [1.29, 1.82) is 0 Å². The van der Waals surface area contributed by atoms with Crippen LogP contribution >= 0.6 is 12.2 Å². The van der Waals surface area contributed by atoms with Gasteiger partial charge in [-0.1, -0.05) is 54.7 Å². The third kappa shape index (κ3) is 1.54. The standard InChI is InChI=1S/C14H9NO2S/c16-13-12-8-10(9-4-2-1-3-5-9)6-7-11(12)14(18)15(13)17/h1-8,17H. The molecule has 1 aliphatic heterocycles. The Hall–Kier alpha value is -2.04. The zero-order valence-electron chi connectivity index (χ0n) is 9.33. The summed E-state index contributed by atoms with van der Waals surface area (Å²) in [5.41, 5.74) is 3.01. The second-order valence-corrected chi connectivity index (χ2v) is 4.44. The molecule has 0 bridgehead atoms. The smallest absolute Gasteiger partial charge is 0.280 e. The van der Waals surface area contributed by atoms with Gasteiger partial charge in [-0.3, -0.25) is 10.0 Å². The summed E-state index contributed by atoms with van der Waals surface area (Å²) in [7, 11) is 0. The van der Waals surface area contributed by atoms with E-state index in [4.69, 9.17) is 12.2 Å². The van der Waals surface area contributed by atoms with Gasteiger partial charge in [0.2, 0.25) is 0 Å². The minimum Gasteiger partial charge on any atom is -0.280 e. The minimum absolute atomic E-state index is 0.162. The van der Waals surface area contributed by atoms with E-state index in [2.05, 4.69) is 0 Å². The lowest BCUT2D eigenvalue weighted by molar-refractivity contribution is 0.00254. The molecule has 2 aromatic carbocycles. The highest BCUT2D eigenvalue weighted by molar-refractivity contribution is 7.80. The largest absolute Gasteiger partial charge is 0.283 e. The second kappa shape index (κ2) is 4.01. The SMILES string of the molecule is O=C1c2cc(-c3ccccc3)ccc2C(=S)N1O. The Morgan fingerprint density at radius 1 is 0.944 bits per heavy atom. The molecule has 0 atom stereocenters. The van der Waals surface area contributed by atoms with E-state index in [1.165, 1.54) is 0 Å². The average molecular weight is 255 g/mol. The van der Waals surface area contributed by atoms with Crippen molar-refractivity contribution in [2.24, 2.45) is 0 Å². The normalized spacial score (nSPS) is 13.9. The van der Waals surface area contributed by atoms with Crippen LogP contribution in [0.2, 0.25) is 0 Å². The van der Waals surface area contributed by atoms with E-state index in [1.54, 1.807) is 12.1 Å². The van der Waals surface area contributed by atoms with E-state index >= 15 is 0 Å². The summed E-state index contributed by atoms with van der Waals surface area (Å²) in [6, 6.07) is 15.2. The van der Waals surface area contributed by atoms with Crippen LogP contribution in [-0.4, -0.2) is 21.2 Å². The van der Waals surface area contributed by atoms with Gasteiger partial charge in [-0.15, -0.1) is 0 Å². The molecule has 0 unspecified atom stereocenters. The van der Waals surface area contributed by atoms with Crippen LogP contribution < -0.4 is 0 Å². The maximum Gasteiger partial charge on any atom is 0.283 e. The fourth-order valence-electron chi connectivity index (χ4n) is 2.04. The molecule has 88 valence electrons. The summed E-state index contributed by atoms with van der Waals surface area (Å²) in [5, 5.41) is 10.0. The first kappa shape index (κ1) is 11.1. The molecule has 0 saturated carbocycles. The summed E-state index contributed by atoms with van der Waals surface area (Å²) in [6.07, 6.45) is 0. The van der Waals surface area contributed by atoms with Gasteiger partial charge in [-0.25, -0.2) is 0 Å². The number of hydrogen-bond acceptors (Lipinski definition) is 3. The van der Waals surface area contributed by atoms with Crippen molar-refractivity contribution < 1.29 is 10.0 Å². The molecule has 3 nitrogen and oxygen atoms in total. The van der Waals surface area contributed by atoms with Crippen molar-refractivity contribution in [1.82, 2.24) is 5.06 Å². The third-order valence-corrected chi connectivity index (χ3v) is 3.37. The lowest BCUT2D eigenvalue weighted by Crippen LogP contribution is -2.24. The first-order valence-electron chi connectivity index (χ1n) is 5.45. The van der Waals surface area contributed by atoms with Crippen LogP contribution in [-0.2, 0) is 0 Å². The molecule has 0 radical (unpaired) electrons. The highest BCUT2D eigenvalue weighted by atomic mass is 32.1. The van der Waals surface area contributed by atoms with Crippen LogP contribution in [0.5, 0.6) is 0 Å². The molecule has 1 aliphatic rings. The Bertz CT molecular complexity index is 652. The van der Waals surface area contributed by atoms with Gasteiger partial charge < -0.3 is 0 Å². The number of fused-ring (bicyclic) bond motifs is 1. The molecule has 0 saturated heterocycles. The van der Waals surface area contributed by atoms with Crippen LogP contribution in [0.25, 0.3) is 11.1 Å². The predicted octanol–water partition coefficient (Wildman–Crippen LogP) is 2.87. The molecule has 1 heterocycles. The number of amides is 1. The van der Waals surface area contributed by atoms with Crippen molar-refractivity contribution in [3.8, 4) is 11.1 Å². The van der Waals surface area contributed by atoms with E-state index in [0.717, 1.165) is 11.1 Å². The van der Waals surface area contributed by atoms with Gasteiger partial charge in [0.1, 0.15) is 4.99 Å². The topological polar surface area (TPSA) is 40.5 Å². The number of hydrogen-bond donors (Lipinski definition) is 1. The van der Waals surface area contributed by atoms with Crippen LogP contribution in [0, 0.1) is 0 Å². The van der Waals surface area contributed by atoms with Crippen molar-refractivity contribution in [3.05, 3.63) is 59.7 Å². The van der Waals surface area contributed by atoms with Crippen molar-refractivity contribution in [2.75, 3.05) is 0 Å². The zero-order valence-corrected chi connectivity index (χ0v) is 10.1. The Morgan fingerprint density at radius 2 is 1.67 bits per heavy atom. The Morgan fingerprint density at radius 3 is 2.39 bits per heavy atom. The van der Waals surface area contributed by atoms with Crippen molar-refractivity contribution in [2.45, 2.75) is 0 Å². The number of hydroxylamine groups is 2. The number of benzene rings is 2. The van der Waals surface area contributed by atoms with Crippen LogP contribution in [0.15, 0.2) is 48.5 Å². The van der Waals surface area contributed by atoms with Crippen LogP contribution in [0.4, 0.5) is 0 Å². The molecule has 0 aliphatic carbocycles. The fraction of sp³-hybridized carbons (Fsp3) is 0. The fourth-order valence-corrected chi connectivity index (χ4v) is 2.30. The number of carbonyl (C=O) groups excluding carboxylic acids is 1. The highest BCUT2D eigenvalue weighted by Crippen LogP contribution is 2.28. The zero-order chi connectivity index (χ0) is 12.7. The van der Waals surface area contributed by atoms with E-state index in [9.17, 15) is 10.0 Å². The van der Waals surface area contributed by atoms with Crippen LogP contribution in [0.1, 0.15) is 15.9 Å². The number of thiocarbonyl (C=S) groups is 1. The second-order valence-electron chi connectivity index (χ2n) is 4.05. The van der Waals surface area contributed by atoms with E-state index in [1.807, 2.05) is 36.4 Å². The third-order valence-electron chi connectivity index (χ3n) is 2.97. The van der Waals surface area contributed by atoms with Gasteiger partial charge in [0.05, 0.1) is 5.56 Å². The molecule has 1 amide bonds. The summed E-state index contributed by atoms with van der Waals surface area (Å²) in [5.74, 6) is -0.465. The first-order chi connectivity index (χ1) is 8.68. The number of nitrogens with zero attached hydrogens (tertiary/aromatic N) is 1. The maximum absolute atomic E-state index is 11.8. The molecular formula is C14H9NO2S. The monoisotopic (exact) mass is 255 g/mol.